The minimum atomic E-state index is -3.73. The van der Waals surface area contributed by atoms with Gasteiger partial charge in [0.05, 0.1) is 5.88 Å². The predicted octanol–water partition coefficient (Wildman–Crippen LogP) is 0.749. The van der Waals surface area contributed by atoms with Gasteiger partial charge < -0.3 is 5.11 Å². The first-order valence-corrected chi connectivity index (χ1v) is 9.19. The van der Waals surface area contributed by atoms with Crippen molar-refractivity contribution in [1.29, 1.82) is 0 Å². The maximum atomic E-state index is 12.7. The summed E-state index contributed by atoms with van der Waals surface area (Å²) in [6.07, 6.45) is 0.661. The summed E-state index contributed by atoms with van der Waals surface area (Å²) in [4.78, 5) is 11.2. The highest BCUT2D eigenvalue weighted by atomic mass is 32.2. The molecule has 0 spiro atoms. The van der Waals surface area contributed by atoms with Gasteiger partial charge in [-0.2, -0.15) is 17.0 Å². The number of aliphatic carboxylic acids is 1. The van der Waals surface area contributed by atoms with Crippen molar-refractivity contribution in [3.05, 3.63) is 35.4 Å². The number of fused-ring (bicyclic) bond motifs is 1. The Morgan fingerprint density at radius 3 is 2.71 bits per heavy atom. The Labute approximate surface area is 127 Å². The maximum Gasteiger partial charge on any atom is 0.322 e. The van der Waals surface area contributed by atoms with Gasteiger partial charge in [-0.1, -0.05) is 24.3 Å². The van der Waals surface area contributed by atoms with E-state index in [0.717, 1.165) is 15.4 Å². The predicted molar refractivity (Wildman–Crippen MR) is 80.1 cm³/mol. The van der Waals surface area contributed by atoms with E-state index in [0.29, 0.717) is 25.3 Å². The molecular formula is C13H16N2O4S2. The molecule has 0 aliphatic carbocycles. The van der Waals surface area contributed by atoms with Gasteiger partial charge in [-0.15, -0.1) is 11.8 Å². The third-order valence-corrected chi connectivity index (χ3v) is 6.96. The number of rotatable bonds is 3. The third-order valence-electron chi connectivity index (χ3n) is 3.85. The van der Waals surface area contributed by atoms with E-state index in [2.05, 4.69) is 0 Å². The van der Waals surface area contributed by atoms with Crippen molar-refractivity contribution in [2.75, 3.05) is 18.2 Å². The molecule has 1 aromatic carbocycles. The number of carbonyl (C=O) groups is 1. The minimum absolute atomic E-state index is 0.206. The molecule has 3 rings (SSSR count). The molecule has 1 N–H and O–H groups in total. The van der Waals surface area contributed by atoms with E-state index in [1.807, 2.05) is 24.3 Å². The summed E-state index contributed by atoms with van der Waals surface area (Å²) in [6.45, 7) is 0.707. The molecule has 2 aliphatic heterocycles. The van der Waals surface area contributed by atoms with Crippen molar-refractivity contribution in [3.8, 4) is 0 Å². The van der Waals surface area contributed by atoms with Crippen molar-refractivity contribution in [3.63, 3.8) is 0 Å². The molecule has 114 valence electrons. The van der Waals surface area contributed by atoms with Crippen molar-refractivity contribution in [2.45, 2.75) is 19.0 Å². The first-order chi connectivity index (χ1) is 10.00. The summed E-state index contributed by atoms with van der Waals surface area (Å²) in [6, 6.07) is 6.80. The average Bonchev–Trinajstić information content (AvgIpc) is 2.97. The largest absolute Gasteiger partial charge is 0.480 e. The highest BCUT2D eigenvalue weighted by Crippen LogP contribution is 2.29. The summed E-state index contributed by atoms with van der Waals surface area (Å²) < 4.78 is 27.9. The number of nitrogens with zero attached hydrogens (tertiary/aromatic N) is 2. The monoisotopic (exact) mass is 328 g/mol. The lowest BCUT2D eigenvalue weighted by atomic mass is 10.0. The van der Waals surface area contributed by atoms with Crippen LogP contribution in [0.3, 0.4) is 0 Å². The van der Waals surface area contributed by atoms with Crippen LogP contribution >= 0.6 is 11.8 Å². The number of hydrogen-bond acceptors (Lipinski definition) is 4. The van der Waals surface area contributed by atoms with Crippen LogP contribution in [0.2, 0.25) is 0 Å². The molecule has 2 aliphatic rings. The lowest BCUT2D eigenvalue weighted by molar-refractivity contribution is -0.140. The zero-order valence-electron chi connectivity index (χ0n) is 11.3. The summed E-state index contributed by atoms with van der Waals surface area (Å²) in [5, 5.41) is 9.17. The molecule has 8 heteroatoms. The lowest BCUT2D eigenvalue weighted by Gasteiger charge is -2.32. The maximum absolute atomic E-state index is 12.7. The van der Waals surface area contributed by atoms with E-state index in [4.69, 9.17) is 5.11 Å². The van der Waals surface area contributed by atoms with E-state index in [1.54, 1.807) is 0 Å². The van der Waals surface area contributed by atoms with Crippen LogP contribution in [0.4, 0.5) is 0 Å². The molecule has 1 atom stereocenters. The van der Waals surface area contributed by atoms with Crippen LogP contribution in [-0.4, -0.2) is 52.3 Å². The van der Waals surface area contributed by atoms with Crippen LogP contribution in [0.1, 0.15) is 11.1 Å². The molecular weight excluding hydrogens is 312 g/mol. The Hall–Kier alpha value is -1.09. The number of carboxylic acids is 1. The van der Waals surface area contributed by atoms with Gasteiger partial charge in [0.1, 0.15) is 6.04 Å². The van der Waals surface area contributed by atoms with Crippen LogP contribution < -0.4 is 0 Å². The second-order valence-corrected chi connectivity index (χ2v) is 7.98. The zero-order valence-corrected chi connectivity index (χ0v) is 12.9. The molecule has 6 nitrogen and oxygen atoms in total. The molecule has 1 saturated heterocycles. The second kappa shape index (κ2) is 5.60. The fraction of sp³-hybridized carbons (Fsp3) is 0.462. The Morgan fingerprint density at radius 1 is 1.29 bits per heavy atom. The quantitative estimate of drug-likeness (QED) is 0.886. The van der Waals surface area contributed by atoms with Gasteiger partial charge in [0, 0.05) is 18.8 Å². The first-order valence-electron chi connectivity index (χ1n) is 6.64. The molecule has 0 saturated carbocycles. The Morgan fingerprint density at radius 2 is 2.00 bits per heavy atom. The van der Waals surface area contributed by atoms with E-state index in [9.17, 15) is 13.2 Å². The molecule has 0 bridgehead atoms. The van der Waals surface area contributed by atoms with Crippen LogP contribution in [0.25, 0.3) is 0 Å². The summed E-state index contributed by atoms with van der Waals surface area (Å²) in [5.41, 5.74) is 2.15. The van der Waals surface area contributed by atoms with E-state index in [-0.39, 0.29) is 5.88 Å². The van der Waals surface area contributed by atoms with Crippen molar-refractivity contribution >= 4 is 27.9 Å². The number of benzene rings is 1. The Kier molecular flexibility index (Phi) is 3.96. The number of carboxylic acid groups (broad SMARTS) is 1. The third kappa shape index (κ3) is 2.68. The first kappa shape index (κ1) is 14.8. The van der Waals surface area contributed by atoms with Crippen LogP contribution in [0.15, 0.2) is 24.3 Å². The van der Waals surface area contributed by atoms with Gasteiger partial charge in [0.2, 0.25) is 0 Å². The average molecular weight is 328 g/mol. The molecule has 2 heterocycles. The molecule has 1 unspecified atom stereocenters. The SMILES string of the molecule is O=C(O)C1CSCN1S(=O)(=O)N1CCc2ccccc2C1. The second-order valence-electron chi connectivity index (χ2n) is 5.10. The van der Waals surface area contributed by atoms with Crippen LogP contribution in [0.5, 0.6) is 0 Å². The fourth-order valence-corrected chi connectivity index (χ4v) is 5.93. The molecule has 21 heavy (non-hydrogen) atoms. The lowest BCUT2D eigenvalue weighted by Crippen LogP contribution is -2.50. The van der Waals surface area contributed by atoms with Gasteiger partial charge in [-0.25, -0.2) is 0 Å². The normalized spacial score (nSPS) is 23.9. The fourth-order valence-electron chi connectivity index (χ4n) is 2.66. The summed E-state index contributed by atoms with van der Waals surface area (Å²) in [5.74, 6) is -0.572. The minimum Gasteiger partial charge on any atom is -0.480 e. The van der Waals surface area contributed by atoms with Crippen molar-refractivity contribution in [1.82, 2.24) is 8.61 Å². The van der Waals surface area contributed by atoms with E-state index < -0.39 is 22.2 Å². The molecule has 1 aromatic rings. The number of hydrogen-bond donors (Lipinski definition) is 1. The molecule has 0 radical (unpaired) electrons. The highest BCUT2D eigenvalue weighted by molar-refractivity contribution is 8.00. The van der Waals surface area contributed by atoms with Gasteiger partial charge in [-0.3, -0.25) is 4.79 Å². The summed E-state index contributed by atoms with van der Waals surface area (Å²) in [7, 11) is -3.73. The van der Waals surface area contributed by atoms with Crippen molar-refractivity contribution in [2.24, 2.45) is 0 Å². The molecule has 0 aromatic heterocycles. The number of thioether (sulfide) groups is 1. The van der Waals surface area contributed by atoms with E-state index >= 15 is 0 Å². The van der Waals surface area contributed by atoms with Crippen molar-refractivity contribution < 1.29 is 18.3 Å². The van der Waals surface area contributed by atoms with E-state index in [1.165, 1.54) is 16.1 Å². The molecule has 0 amide bonds. The Bertz CT molecular complexity index is 662. The van der Waals surface area contributed by atoms with Gasteiger partial charge >= 0.3 is 5.97 Å². The standard InChI is InChI=1S/C13H16N2O4S2/c16-13(17)12-8-20-9-15(12)21(18,19)14-6-5-10-3-1-2-4-11(10)7-14/h1-4,12H,5-9H2,(H,16,17). The topological polar surface area (TPSA) is 77.9 Å². The Balaban J connectivity index is 1.85. The van der Waals surface area contributed by atoms with Crippen LogP contribution in [-0.2, 0) is 28.0 Å². The smallest absolute Gasteiger partial charge is 0.322 e. The summed E-state index contributed by atoms with van der Waals surface area (Å²) >= 11 is 1.33. The van der Waals surface area contributed by atoms with Gasteiger partial charge in [-0.05, 0) is 17.5 Å². The van der Waals surface area contributed by atoms with Crippen LogP contribution in [0, 0.1) is 0 Å². The van der Waals surface area contributed by atoms with Gasteiger partial charge in [0.25, 0.3) is 10.2 Å². The zero-order chi connectivity index (χ0) is 15.0. The van der Waals surface area contributed by atoms with Gasteiger partial charge in [0.15, 0.2) is 0 Å². The molecule has 1 fully saturated rings. The highest BCUT2D eigenvalue weighted by Gasteiger charge is 2.42.